The summed E-state index contributed by atoms with van der Waals surface area (Å²) >= 11 is 9.69. The van der Waals surface area contributed by atoms with Crippen LogP contribution < -0.4 is 0 Å². The van der Waals surface area contributed by atoms with Crippen molar-refractivity contribution in [2.45, 2.75) is 10.6 Å². The molecular formula is C14H10ClIO2S. The zero-order chi connectivity index (χ0) is 13.8. The Balaban J connectivity index is 2.09. The molecule has 2 nitrogen and oxygen atoms in total. The van der Waals surface area contributed by atoms with Gasteiger partial charge in [0.25, 0.3) is 0 Å². The van der Waals surface area contributed by atoms with Crippen molar-refractivity contribution in [3.8, 4) is 0 Å². The highest BCUT2D eigenvalue weighted by atomic mass is 127. The Morgan fingerprint density at radius 3 is 2.53 bits per heavy atom. The van der Waals surface area contributed by atoms with E-state index in [1.54, 1.807) is 23.9 Å². The van der Waals surface area contributed by atoms with Crippen LogP contribution in [0.1, 0.15) is 15.9 Å². The van der Waals surface area contributed by atoms with Crippen LogP contribution in [0.3, 0.4) is 0 Å². The average Bonchev–Trinajstić information content (AvgIpc) is 2.39. The fraction of sp³-hybridized carbons (Fsp3) is 0.0714. The van der Waals surface area contributed by atoms with Crippen molar-refractivity contribution in [3.63, 3.8) is 0 Å². The van der Waals surface area contributed by atoms with Crippen molar-refractivity contribution in [2.24, 2.45) is 0 Å². The Kier molecular flexibility index (Phi) is 5.13. The van der Waals surface area contributed by atoms with Crippen molar-refractivity contribution < 1.29 is 9.90 Å². The molecule has 0 amide bonds. The van der Waals surface area contributed by atoms with Gasteiger partial charge >= 0.3 is 5.97 Å². The molecule has 0 saturated heterocycles. The summed E-state index contributed by atoms with van der Waals surface area (Å²) in [7, 11) is 0. The molecule has 19 heavy (non-hydrogen) atoms. The Morgan fingerprint density at radius 1 is 1.21 bits per heavy atom. The van der Waals surface area contributed by atoms with Crippen LogP contribution in [0, 0.1) is 3.57 Å². The first kappa shape index (κ1) is 14.7. The van der Waals surface area contributed by atoms with Crippen LogP contribution in [0.4, 0.5) is 0 Å². The fourth-order valence-corrected chi connectivity index (χ4v) is 2.95. The van der Waals surface area contributed by atoms with Crippen molar-refractivity contribution in [2.75, 3.05) is 0 Å². The number of halogens is 2. The van der Waals surface area contributed by atoms with E-state index in [4.69, 9.17) is 16.7 Å². The molecule has 0 unspecified atom stereocenters. The van der Waals surface area contributed by atoms with Crippen molar-refractivity contribution >= 4 is 51.9 Å². The summed E-state index contributed by atoms with van der Waals surface area (Å²) < 4.78 is 1.20. The molecule has 0 aliphatic carbocycles. The van der Waals surface area contributed by atoms with Crippen molar-refractivity contribution in [1.82, 2.24) is 0 Å². The highest BCUT2D eigenvalue weighted by molar-refractivity contribution is 14.1. The number of carboxylic acid groups (broad SMARTS) is 1. The number of benzene rings is 2. The molecule has 1 N–H and O–H groups in total. The molecule has 0 heterocycles. The molecule has 0 aliphatic heterocycles. The molecule has 2 aromatic carbocycles. The summed E-state index contributed by atoms with van der Waals surface area (Å²) in [5.41, 5.74) is 1.35. The molecule has 98 valence electrons. The molecule has 2 rings (SSSR count). The van der Waals surface area contributed by atoms with Crippen LogP contribution in [0.5, 0.6) is 0 Å². The van der Waals surface area contributed by atoms with Gasteiger partial charge in [-0.1, -0.05) is 23.7 Å². The molecule has 0 aromatic heterocycles. The molecular weight excluding hydrogens is 395 g/mol. The minimum absolute atomic E-state index is 0.147. The van der Waals surface area contributed by atoms with Gasteiger partial charge in [0, 0.05) is 14.2 Å². The van der Waals surface area contributed by atoms with Gasteiger partial charge in [0.15, 0.2) is 0 Å². The molecule has 0 aliphatic rings. The molecule has 0 bridgehead atoms. The lowest BCUT2D eigenvalue weighted by molar-refractivity contribution is 0.0697. The zero-order valence-electron chi connectivity index (χ0n) is 9.77. The van der Waals surface area contributed by atoms with Crippen LogP contribution >= 0.6 is 46.0 Å². The molecule has 2 aromatic rings. The standard InChI is InChI=1S/C14H10ClIO2S/c15-13-6-5-11(7-12(13)14(17)18)19-8-9-1-3-10(16)4-2-9/h1-7H,8H2,(H,17,18). The number of hydrogen-bond acceptors (Lipinski definition) is 2. The smallest absolute Gasteiger partial charge is 0.337 e. The van der Waals surface area contributed by atoms with E-state index in [9.17, 15) is 4.79 Å². The minimum atomic E-state index is -0.998. The lowest BCUT2D eigenvalue weighted by Gasteiger charge is -2.05. The summed E-state index contributed by atoms with van der Waals surface area (Å²) in [6.45, 7) is 0. The SMILES string of the molecule is O=C(O)c1cc(SCc2ccc(I)cc2)ccc1Cl. The van der Waals surface area contributed by atoms with Crippen LogP contribution in [-0.2, 0) is 5.75 Å². The normalized spacial score (nSPS) is 10.4. The Morgan fingerprint density at radius 2 is 1.89 bits per heavy atom. The highest BCUT2D eigenvalue weighted by Crippen LogP contribution is 2.27. The number of hydrogen-bond donors (Lipinski definition) is 1. The number of carboxylic acids is 1. The van der Waals surface area contributed by atoms with Crippen molar-refractivity contribution in [1.29, 1.82) is 0 Å². The molecule has 0 spiro atoms. The van der Waals surface area contributed by atoms with E-state index in [2.05, 4.69) is 46.9 Å². The van der Waals surface area contributed by atoms with E-state index in [1.807, 2.05) is 6.07 Å². The van der Waals surface area contributed by atoms with E-state index < -0.39 is 5.97 Å². The van der Waals surface area contributed by atoms with Gasteiger partial charge in [0.2, 0.25) is 0 Å². The molecule has 5 heteroatoms. The van der Waals surface area contributed by atoms with Crippen LogP contribution in [0.2, 0.25) is 5.02 Å². The Hall–Kier alpha value is -0.720. The summed E-state index contributed by atoms with van der Waals surface area (Å²) in [6, 6.07) is 13.3. The molecule has 0 atom stereocenters. The van der Waals surface area contributed by atoms with Gasteiger partial charge in [-0.25, -0.2) is 4.79 Å². The van der Waals surface area contributed by atoms with Crippen LogP contribution in [0.15, 0.2) is 47.4 Å². The molecule has 0 saturated carbocycles. The predicted molar refractivity (Wildman–Crippen MR) is 87.1 cm³/mol. The summed E-state index contributed by atoms with van der Waals surface area (Å²) in [5, 5.41) is 9.28. The monoisotopic (exact) mass is 404 g/mol. The highest BCUT2D eigenvalue weighted by Gasteiger charge is 2.09. The van der Waals surface area contributed by atoms with E-state index in [-0.39, 0.29) is 10.6 Å². The second kappa shape index (κ2) is 6.63. The summed E-state index contributed by atoms with van der Waals surface area (Å²) in [5.74, 6) is -0.195. The third-order valence-corrected chi connectivity index (χ3v) is 4.60. The van der Waals surface area contributed by atoms with Gasteiger partial charge < -0.3 is 5.11 Å². The Bertz CT molecular complexity index is 599. The quantitative estimate of drug-likeness (QED) is 0.579. The third kappa shape index (κ3) is 4.12. The minimum Gasteiger partial charge on any atom is -0.478 e. The van der Waals surface area contributed by atoms with Crippen LogP contribution in [-0.4, -0.2) is 11.1 Å². The second-order valence-electron chi connectivity index (χ2n) is 3.86. The summed E-state index contributed by atoms with van der Waals surface area (Å²) in [4.78, 5) is 11.9. The number of thioether (sulfide) groups is 1. The first-order chi connectivity index (χ1) is 9.06. The maximum absolute atomic E-state index is 11.0. The fourth-order valence-electron chi connectivity index (χ4n) is 1.51. The van der Waals surface area contributed by atoms with Crippen LogP contribution in [0.25, 0.3) is 0 Å². The first-order valence-corrected chi connectivity index (χ1v) is 7.90. The van der Waals surface area contributed by atoms with Gasteiger partial charge in [-0.2, -0.15) is 0 Å². The topological polar surface area (TPSA) is 37.3 Å². The number of rotatable bonds is 4. The first-order valence-electron chi connectivity index (χ1n) is 5.46. The predicted octanol–water partition coefficient (Wildman–Crippen LogP) is 4.94. The summed E-state index contributed by atoms with van der Waals surface area (Å²) in [6.07, 6.45) is 0. The van der Waals surface area contributed by atoms with Gasteiger partial charge in [0.05, 0.1) is 10.6 Å². The second-order valence-corrected chi connectivity index (χ2v) is 6.56. The number of carbonyl (C=O) groups is 1. The van der Waals surface area contributed by atoms with Gasteiger partial charge in [-0.3, -0.25) is 0 Å². The van der Waals surface area contributed by atoms with E-state index in [1.165, 1.54) is 9.13 Å². The van der Waals surface area contributed by atoms with Gasteiger partial charge in [-0.05, 0) is 58.5 Å². The zero-order valence-corrected chi connectivity index (χ0v) is 13.5. The number of aromatic carboxylic acids is 1. The average molecular weight is 405 g/mol. The lowest BCUT2D eigenvalue weighted by Crippen LogP contribution is -1.97. The van der Waals surface area contributed by atoms with Crippen molar-refractivity contribution in [3.05, 3.63) is 62.2 Å². The van der Waals surface area contributed by atoms with E-state index >= 15 is 0 Å². The van der Waals surface area contributed by atoms with Gasteiger partial charge in [0.1, 0.15) is 0 Å². The Labute approximate surface area is 134 Å². The van der Waals surface area contributed by atoms with E-state index in [0.29, 0.717) is 0 Å². The maximum atomic E-state index is 11.0. The lowest BCUT2D eigenvalue weighted by atomic mass is 10.2. The maximum Gasteiger partial charge on any atom is 0.337 e. The van der Waals surface area contributed by atoms with Gasteiger partial charge in [-0.15, -0.1) is 11.8 Å². The van der Waals surface area contributed by atoms with E-state index in [0.717, 1.165) is 10.6 Å². The largest absolute Gasteiger partial charge is 0.478 e. The molecule has 0 fully saturated rings. The third-order valence-electron chi connectivity index (χ3n) is 2.49. The molecule has 0 radical (unpaired) electrons.